The predicted octanol–water partition coefficient (Wildman–Crippen LogP) is 6.51. The molecule has 0 unspecified atom stereocenters. The van der Waals surface area contributed by atoms with E-state index in [-0.39, 0.29) is 5.57 Å². The molecule has 0 aliphatic heterocycles. The summed E-state index contributed by atoms with van der Waals surface area (Å²) in [6, 6.07) is 23.6. The Labute approximate surface area is 192 Å². The Morgan fingerprint density at radius 2 is 1.84 bits per heavy atom. The Kier molecular flexibility index (Phi) is 6.11. The molecule has 158 valence electrons. The Balaban J connectivity index is 1.68. The van der Waals surface area contributed by atoms with Gasteiger partial charge in [0.25, 0.3) is 5.91 Å². The molecule has 0 saturated heterocycles. The van der Waals surface area contributed by atoms with Crippen molar-refractivity contribution < 1.29 is 4.79 Å². The van der Waals surface area contributed by atoms with Crippen molar-refractivity contribution in [3.63, 3.8) is 0 Å². The van der Waals surface area contributed by atoms with Gasteiger partial charge in [-0.1, -0.05) is 54.1 Å². The molecule has 3 aromatic carbocycles. The fourth-order valence-corrected chi connectivity index (χ4v) is 3.80. The number of rotatable bonds is 5. The maximum atomic E-state index is 12.9. The van der Waals surface area contributed by atoms with E-state index in [2.05, 4.69) is 16.0 Å². The molecule has 0 aliphatic rings. The molecule has 4 nitrogen and oxygen atoms in total. The van der Waals surface area contributed by atoms with Crippen LogP contribution in [-0.2, 0) is 11.3 Å². The van der Waals surface area contributed by atoms with Crippen LogP contribution in [0.4, 0.5) is 5.69 Å². The quantitative estimate of drug-likeness (QED) is 0.285. The van der Waals surface area contributed by atoms with Gasteiger partial charge in [-0.05, 0) is 60.9 Å². The summed E-state index contributed by atoms with van der Waals surface area (Å²) in [6.07, 6.45) is 3.63. The van der Waals surface area contributed by atoms with Crippen LogP contribution in [-0.4, -0.2) is 10.5 Å². The van der Waals surface area contributed by atoms with Gasteiger partial charge in [-0.15, -0.1) is 0 Å². The van der Waals surface area contributed by atoms with Crippen molar-refractivity contribution in [3.8, 4) is 6.07 Å². The van der Waals surface area contributed by atoms with Crippen molar-refractivity contribution in [2.24, 2.45) is 0 Å². The summed E-state index contributed by atoms with van der Waals surface area (Å²) in [4.78, 5) is 12.9. The van der Waals surface area contributed by atoms with Gasteiger partial charge < -0.3 is 9.88 Å². The summed E-state index contributed by atoms with van der Waals surface area (Å²) in [5.74, 6) is -0.421. The number of anilines is 1. The van der Waals surface area contributed by atoms with E-state index in [1.54, 1.807) is 6.08 Å². The Hall–Kier alpha value is -3.81. The van der Waals surface area contributed by atoms with Crippen LogP contribution >= 0.6 is 11.6 Å². The van der Waals surface area contributed by atoms with E-state index in [4.69, 9.17) is 11.6 Å². The average molecular weight is 440 g/mol. The van der Waals surface area contributed by atoms with E-state index < -0.39 is 5.91 Å². The largest absolute Gasteiger partial charge is 0.342 e. The lowest BCUT2D eigenvalue weighted by Crippen LogP contribution is -2.14. The Bertz CT molecular complexity index is 1370. The van der Waals surface area contributed by atoms with Gasteiger partial charge in [0.15, 0.2) is 0 Å². The number of aromatic nitrogens is 1. The highest BCUT2D eigenvalue weighted by Gasteiger charge is 2.14. The van der Waals surface area contributed by atoms with Crippen LogP contribution in [0.15, 0.2) is 78.5 Å². The molecule has 1 N–H and O–H groups in total. The van der Waals surface area contributed by atoms with Crippen LogP contribution < -0.4 is 5.32 Å². The molecule has 1 amide bonds. The molecule has 4 aromatic rings. The number of carbonyl (C=O) groups is 1. The van der Waals surface area contributed by atoms with Crippen molar-refractivity contribution in [2.75, 3.05) is 5.32 Å². The molecule has 4 rings (SSSR count). The number of amides is 1. The Morgan fingerprint density at radius 1 is 1.09 bits per heavy atom. The lowest BCUT2D eigenvalue weighted by Gasteiger charge is -2.08. The fraction of sp³-hybridized carbons (Fsp3) is 0.111. The molecule has 0 aliphatic carbocycles. The van der Waals surface area contributed by atoms with E-state index >= 15 is 0 Å². The number of aryl methyl sites for hydroxylation is 2. The van der Waals surface area contributed by atoms with Crippen LogP contribution in [0.5, 0.6) is 0 Å². The first-order valence-corrected chi connectivity index (χ1v) is 10.6. The molecule has 0 saturated carbocycles. The molecule has 0 bridgehead atoms. The summed E-state index contributed by atoms with van der Waals surface area (Å²) in [7, 11) is 0. The first kappa shape index (κ1) is 21.4. The molecule has 32 heavy (non-hydrogen) atoms. The molecule has 0 radical (unpaired) electrons. The number of halogens is 1. The average Bonchev–Trinajstić information content (AvgIpc) is 3.13. The van der Waals surface area contributed by atoms with Crippen LogP contribution in [0.1, 0.15) is 22.3 Å². The third kappa shape index (κ3) is 4.59. The molecule has 0 atom stereocenters. The first-order valence-electron chi connectivity index (χ1n) is 10.3. The number of para-hydroxylation sites is 1. The molecule has 0 fully saturated rings. The summed E-state index contributed by atoms with van der Waals surface area (Å²) >= 11 is 6.01. The molecule has 5 heteroatoms. The van der Waals surface area contributed by atoms with Crippen LogP contribution in [0.25, 0.3) is 17.0 Å². The normalized spacial score (nSPS) is 11.4. The van der Waals surface area contributed by atoms with Crippen LogP contribution in [0, 0.1) is 25.2 Å². The van der Waals surface area contributed by atoms with Crippen molar-refractivity contribution in [2.45, 2.75) is 20.4 Å². The number of carbonyl (C=O) groups excluding carboxylic acids is 1. The van der Waals surface area contributed by atoms with E-state index in [1.807, 2.05) is 86.8 Å². The minimum atomic E-state index is -0.421. The number of benzene rings is 3. The van der Waals surface area contributed by atoms with Gasteiger partial charge in [-0.25, -0.2) is 0 Å². The van der Waals surface area contributed by atoms with Crippen molar-refractivity contribution >= 4 is 40.2 Å². The monoisotopic (exact) mass is 439 g/mol. The maximum absolute atomic E-state index is 12.9. The number of hydrogen-bond donors (Lipinski definition) is 1. The molecule has 1 heterocycles. The van der Waals surface area contributed by atoms with Gasteiger partial charge in [0.05, 0.1) is 0 Å². The van der Waals surface area contributed by atoms with E-state index in [1.165, 1.54) is 0 Å². The zero-order chi connectivity index (χ0) is 22.7. The van der Waals surface area contributed by atoms with E-state index in [9.17, 15) is 10.1 Å². The van der Waals surface area contributed by atoms with Gasteiger partial charge >= 0.3 is 0 Å². The standard InChI is InChI=1S/C27H22ClN3O/c1-18-7-8-19(2)25(13-18)30-27(32)21(15-29)14-22-17-31(26-6-4-3-5-24(22)26)16-20-9-11-23(28)12-10-20/h3-14,17H,16H2,1-2H3,(H,30,32)/b21-14-. The van der Waals surface area contributed by atoms with Gasteiger partial charge in [-0.3, -0.25) is 4.79 Å². The minimum absolute atomic E-state index is 0.0558. The lowest BCUT2D eigenvalue weighted by atomic mass is 10.1. The van der Waals surface area contributed by atoms with Crippen molar-refractivity contribution in [1.29, 1.82) is 5.26 Å². The second-order valence-electron chi connectivity index (χ2n) is 7.80. The smallest absolute Gasteiger partial charge is 0.266 e. The Morgan fingerprint density at radius 3 is 2.59 bits per heavy atom. The SMILES string of the molecule is Cc1ccc(C)c(NC(=O)/C(C#N)=C\c2cn(Cc3ccc(Cl)cc3)c3ccccc23)c1. The van der Waals surface area contributed by atoms with Crippen LogP contribution in [0.2, 0.25) is 5.02 Å². The second kappa shape index (κ2) is 9.13. The van der Waals surface area contributed by atoms with Gasteiger partial charge in [0, 0.05) is 39.9 Å². The number of nitrogens with one attached hydrogen (secondary N) is 1. The topological polar surface area (TPSA) is 57.8 Å². The minimum Gasteiger partial charge on any atom is -0.342 e. The van der Waals surface area contributed by atoms with Crippen molar-refractivity contribution in [3.05, 3.63) is 106 Å². The highest BCUT2D eigenvalue weighted by molar-refractivity contribution is 6.30. The van der Waals surface area contributed by atoms with E-state index in [0.717, 1.165) is 33.2 Å². The molecular formula is C27H22ClN3O. The summed E-state index contributed by atoms with van der Waals surface area (Å²) < 4.78 is 2.11. The van der Waals surface area contributed by atoms with E-state index in [0.29, 0.717) is 17.3 Å². The second-order valence-corrected chi connectivity index (χ2v) is 8.23. The third-order valence-corrected chi connectivity index (χ3v) is 5.64. The highest BCUT2D eigenvalue weighted by Crippen LogP contribution is 2.25. The third-order valence-electron chi connectivity index (χ3n) is 5.39. The number of fused-ring (bicyclic) bond motifs is 1. The number of hydrogen-bond acceptors (Lipinski definition) is 2. The maximum Gasteiger partial charge on any atom is 0.266 e. The predicted molar refractivity (Wildman–Crippen MR) is 131 cm³/mol. The lowest BCUT2D eigenvalue weighted by molar-refractivity contribution is -0.112. The summed E-state index contributed by atoms with van der Waals surface area (Å²) in [6.45, 7) is 4.54. The van der Waals surface area contributed by atoms with Gasteiger partial charge in [0.2, 0.25) is 0 Å². The zero-order valence-corrected chi connectivity index (χ0v) is 18.6. The summed E-state index contributed by atoms with van der Waals surface area (Å²) in [5.41, 5.74) is 5.71. The molecule has 0 spiro atoms. The van der Waals surface area contributed by atoms with Crippen LogP contribution in [0.3, 0.4) is 0 Å². The number of nitrogens with zero attached hydrogens (tertiary/aromatic N) is 2. The summed E-state index contributed by atoms with van der Waals surface area (Å²) in [5, 5.41) is 14.3. The van der Waals surface area contributed by atoms with Gasteiger partial charge in [-0.2, -0.15) is 5.26 Å². The highest BCUT2D eigenvalue weighted by atomic mass is 35.5. The molecular weight excluding hydrogens is 418 g/mol. The molecule has 1 aromatic heterocycles. The first-order chi connectivity index (χ1) is 15.4. The number of nitriles is 1. The van der Waals surface area contributed by atoms with Gasteiger partial charge in [0.1, 0.15) is 11.6 Å². The van der Waals surface area contributed by atoms with Crippen molar-refractivity contribution in [1.82, 2.24) is 4.57 Å². The zero-order valence-electron chi connectivity index (χ0n) is 17.9. The fourth-order valence-electron chi connectivity index (χ4n) is 3.67.